The largest absolute Gasteiger partial charge is 0.507 e. The summed E-state index contributed by atoms with van der Waals surface area (Å²) in [5.74, 6) is -4.12. The van der Waals surface area contributed by atoms with E-state index >= 15 is 0 Å². The number of allylic oxidation sites excluding steroid dienone is 1. The third-order valence-electron chi connectivity index (χ3n) is 22.2. The number of hydrogen-bond acceptors (Lipinski definition) is 16. The Balaban J connectivity index is 0.000000164. The van der Waals surface area contributed by atoms with Gasteiger partial charge in [0, 0.05) is 56.7 Å². The number of nitrogens with one attached hydrogen (secondary N) is 3. The number of aryl methyl sites for hydroxylation is 4. The van der Waals surface area contributed by atoms with Gasteiger partial charge in [0.05, 0.1) is 38.0 Å². The molecule has 9 N–H and O–H groups in total. The van der Waals surface area contributed by atoms with E-state index in [1.807, 2.05) is 147 Å². The number of aliphatic carboxylic acids is 1. The summed E-state index contributed by atoms with van der Waals surface area (Å²) in [5, 5.41) is 56.9. The molecule has 0 aliphatic heterocycles. The van der Waals surface area contributed by atoms with Crippen LogP contribution in [0.4, 0.5) is 0 Å². The Morgan fingerprint density at radius 1 is 0.374 bits per heavy atom. The number of halogens is 2. The first-order valence-corrected chi connectivity index (χ1v) is 40.6. The highest BCUT2D eigenvalue weighted by molar-refractivity contribution is 9.09. The van der Waals surface area contributed by atoms with Crippen LogP contribution in [-0.2, 0) is 84.8 Å². The van der Waals surface area contributed by atoms with Gasteiger partial charge in [-0.1, -0.05) is 241 Å². The van der Waals surface area contributed by atoms with Crippen molar-refractivity contribution in [3.8, 4) is 23.0 Å². The average Bonchev–Trinajstić information content (AvgIpc) is 0.747. The van der Waals surface area contributed by atoms with Crippen LogP contribution in [0, 0.1) is 27.7 Å². The zero-order chi connectivity index (χ0) is 87.8. The minimum atomic E-state index is -1.43. The van der Waals surface area contributed by atoms with E-state index in [0.29, 0.717) is 72.3 Å². The second-order valence-electron chi connectivity index (χ2n) is 30.5. The molecule has 21 nitrogen and oxygen atoms in total. The molecule has 4 aliphatic rings. The topological polar surface area (TPSA) is 326 Å². The number of aromatic carboxylic acids is 1. The number of carbonyl (C=O) groups is 8. The van der Waals surface area contributed by atoms with Crippen molar-refractivity contribution in [2.75, 3.05) is 39.9 Å². The maximum Gasteiger partial charge on any atom is 0.339 e. The van der Waals surface area contributed by atoms with Crippen molar-refractivity contribution < 1.29 is 82.5 Å². The molecule has 0 spiro atoms. The quantitative estimate of drug-likeness (QED) is 0.0171. The lowest BCUT2D eigenvalue weighted by Gasteiger charge is -2.36. The van der Waals surface area contributed by atoms with Gasteiger partial charge in [-0.25, -0.2) is 19.2 Å². The molecule has 0 radical (unpaired) electrons. The van der Waals surface area contributed by atoms with Gasteiger partial charge in [-0.3, -0.25) is 19.2 Å². The molecule has 0 fully saturated rings. The van der Waals surface area contributed by atoms with Crippen molar-refractivity contribution in [2.45, 2.75) is 101 Å². The van der Waals surface area contributed by atoms with Gasteiger partial charge < -0.3 is 65.8 Å². The number of nitrogens with two attached hydrogens (primary N) is 1. The van der Waals surface area contributed by atoms with Crippen LogP contribution in [0.25, 0.3) is 43.1 Å². The van der Waals surface area contributed by atoms with Gasteiger partial charge in [0.25, 0.3) is 17.7 Å². The molecule has 23 heteroatoms. The van der Waals surface area contributed by atoms with Crippen LogP contribution in [-0.4, -0.2) is 130 Å². The van der Waals surface area contributed by atoms with E-state index in [4.69, 9.17) is 34.5 Å². The number of carboxylic acid groups (broad SMARTS) is 2. The third kappa shape index (κ3) is 20.0. The average molecular weight is 1740 g/mol. The Morgan fingerprint density at radius 3 is 0.902 bits per heavy atom. The van der Waals surface area contributed by atoms with Gasteiger partial charge in [-0.15, -0.1) is 19.0 Å². The minimum absolute atomic E-state index is 0. The number of carbonyl (C=O) groups excluding carboxylic acids is 6. The van der Waals surface area contributed by atoms with Gasteiger partial charge in [-0.05, 0) is 162 Å². The number of aromatic hydroxyl groups is 2. The number of esters is 3. The summed E-state index contributed by atoms with van der Waals surface area (Å²) in [5.41, 5.74) is 13.1. The maximum atomic E-state index is 13.4. The van der Waals surface area contributed by atoms with Crippen LogP contribution in [0.1, 0.15) is 108 Å². The molecular formula is C100H98BrClN4O17. The van der Waals surface area contributed by atoms with Gasteiger partial charge in [-0.2, -0.15) is 0 Å². The normalized spacial score (nSPS) is 13.8. The molecule has 0 aromatic heterocycles. The second-order valence-corrected chi connectivity index (χ2v) is 31.1. The van der Waals surface area contributed by atoms with Crippen molar-refractivity contribution >= 4 is 119 Å². The number of phenolic OH excluding ortho intramolecular Hbond substituents is 1. The number of alkyl halides is 1. The molecule has 12 aromatic carbocycles. The molecule has 634 valence electrons. The van der Waals surface area contributed by atoms with E-state index in [-0.39, 0.29) is 73.0 Å². The van der Waals surface area contributed by atoms with Gasteiger partial charge in [0.2, 0.25) is 0 Å². The van der Waals surface area contributed by atoms with Crippen molar-refractivity contribution in [3.63, 3.8) is 0 Å². The smallest absolute Gasteiger partial charge is 0.339 e. The number of ether oxygens (including phenoxy) is 5. The summed E-state index contributed by atoms with van der Waals surface area (Å²) < 4.78 is 26.5. The number of phenols is 2. The minimum Gasteiger partial charge on any atom is -0.507 e. The van der Waals surface area contributed by atoms with Crippen LogP contribution < -0.4 is 31.2 Å². The fourth-order valence-corrected chi connectivity index (χ4v) is 16.5. The highest BCUT2D eigenvalue weighted by Gasteiger charge is 2.48. The fourth-order valence-electron chi connectivity index (χ4n) is 16.5. The second kappa shape index (κ2) is 40.3. The zero-order valence-electron chi connectivity index (χ0n) is 69.4. The van der Waals surface area contributed by atoms with Gasteiger partial charge >= 0.3 is 29.8 Å². The molecule has 12 aromatic rings. The Hall–Kier alpha value is -13.4. The number of hydrogen-bond donors (Lipinski definition) is 8. The highest BCUT2D eigenvalue weighted by Crippen LogP contribution is 2.41. The first kappa shape index (κ1) is 91.9. The molecule has 4 aliphatic carbocycles. The summed E-state index contributed by atoms with van der Waals surface area (Å²) in [6, 6.07) is 68.2. The number of carboxylic acids is 2. The molecule has 0 unspecified atom stereocenters. The summed E-state index contributed by atoms with van der Waals surface area (Å²) in [6.07, 6.45) is 7.89. The number of para-hydroxylation sites is 4. The summed E-state index contributed by atoms with van der Waals surface area (Å²) in [6.45, 7) is 18.4. The summed E-state index contributed by atoms with van der Waals surface area (Å²) >= 11 is 3.13. The first-order valence-electron chi connectivity index (χ1n) is 39.4. The molecular weight excluding hydrogens is 1640 g/mol. The number of amides is 3. The lowest BCUT2D eigenvalue weighted by atomic mass is 9.76. The van der Waals surface area contributed by atoms with E-state index in [2.05, 4.69) is 75.9 Å². The summed E-state index contributed by atoms with van der Waals surface area (Å²) in [4.78, 5) is 100. The van der Waals surface area contributed by atoms with E-state index in [1.165, 1.54) is 38.2 Å². The Labute approximate surface area is 728 Å². The Morgan fingerprint density at radius 2 is 0.626 bits per heavy atom. The van der Waals surface area contributed by atoms with Crippen LogP contribution in [0.3, 0.4) is 0 Å². The van der Waals surface area contributed by atoms with Crippen LogP contribution >= 0.6 is 28.3 Å². The van der Waals surface area contributed by atoms with E-state index in [1.54, 1.807) is 86.7 Å². The number of methoxy groups -OCH3 is 3. The fraction of sp³-hybridized carbons (Fsp3) is 0.220. The molecule has 3 amide bonds. The van der Waals surface area contributed by atoms with E-state index in [0.717, 1.165) is 93.3 Å². The number of benzene rings is 12. The van der Waals surface area contributed by atoms with Gasteiger partial charge in [0.15, 0.2) is 0 Å². The lowest BCUT2D eigenvalue weighted by molar-refractivity contribution is -0.149. The standard InChI is InChI=1S/C26H25NO4.C25H23NO4.C23H21NO4.C15H15NO2.C8H8O3.C3H5Br.ClH/c1-4-14-31-23-17(2)8-5-13-21(23)24(28)27-26(25(29)30-3)15-19-11-6-9-18-10-7-12-20(16-26)22(18)19;1-3-13-30-22-16(2)7-4-12-20(22)23(27)26-25(24(28)29)14-18-10-5-8-17-9-6-11-19(15-25)21(17)18;1-14-6-3-11-18(20(14)25)21(26)24-23(22(27)28-2)12-16-9-4-7-15-8-5-10-17(13-23)19(15)16;1-18-14(17)15(16)8-11-6-2-4-10-5-3-7-12(9-15)13(10)11;1-5-3-2-4-6(7(5)9)8(10)11;1-2-3-4;/h4-13H,1,14-16H2,2-3H3,(H,27,28);3-12H,1,13-15H2,2H3,(H,26,27)(H,28,29);3-11,25H,12-13H2,1-2H3,(H,24,26);2-7H,8-9,16H2,1H3;2-4,9H,1H3,(H,10,11);2H,1,3H2;1H. The van der Waals surface area contributed by atoms with Crippen molar-refractivity contribution in [3.05, 3.63) is 345 Å². The van der Waals surface area contributed by atoms with Crippen molar-refractivity contribution in [1.29, 1.82) is 0 Å². The monoisotopic (exact) mass is 1740 g/mol. The third-order valence-corrected chi connectivity index (χ3v) is 22.6. The van der Waals surface area contributed by atoms with E-state index in [9.17, 15) is 53.7 Å². The first-order chi connectivity index (χ1) is 58.6. The predicted molar refractivity (Wildman–Crippen MR) is 484 cm³/mol. The molecule has 123 heavy (non-hydrogen) atoms. The molecule has 16 rings (SSSR count). The predicted octanol–water partition coefficient (Wildman–Crippen LogP) is 16.7. The highest BCUT2D eigenvalue weighted by atomic mass is 79.9. The van der Waals surface area contributed by atoms with E-state index < -0.39 is 57.8 Å². The molecule has 0 atom stereocenters. The van der Waals surface area contributed by atoms with Gasteiger partial charge in [0.1, 0.15) is 63.9 Å². The van der Waals surface area contributed by atoms with Crippen LogP contribution in [0.5, 0.6) is 23.0 Å². The van der Waals surface area contributed by atoms with Crippen molar-refractivity contribution in [1.82, 2.24) is 16.0 Å². The molecule has 0 saturated heterocycles. The van der Waals surface area contributed by atoms with Crippen molar-refractivity contribution in [2.24, 2.45) is 5.73 Å². The van der Waals surface area contributed by atoms with Crippen LogP contribution in [0.15, 0.2) is 256 Å². The number of rotatable bonds is 18. The zero-order valence-corrected chi connectivity index (χ0v) is 71.8. The van der Waals surface area contributed by atoms with Crippen LogP contribution in [0.2, 0.25) is 0 Å². The maximum absolute atomic E-state index is 13.4. The summed E-state index contributed by atoms with van der Waals surface area (Å²) in [7, 11) is 4.06. The molecule has 0 heterocycles. The molecule has 0 saturated carbocycles. The molecule has 0 bridgehead atoms. The SMILES string of the molecule is C=CCBr.C=CCOc1c(C)cccc1C(=O)NC1(C(=O)O)Cc2cccc3cccc(c23)C1.C=CCOc1c(C)cccc1C(=O)NC1(C(=O)OC)Cc2cccc3cccc(c23)C1.COC(=O)C1(N)Cc2cccc3cccc(c23)C1.COC(=O)C1(NC(=O)c2cccc(C)c2O)Cc2cccc3cccc(c23)C1.Cc1cccc(C(=O)O)c1O.Cl. The Kier molecular flexibility index (Phi) is 30.1. The lowest BCUT2D eigenvalue weighted by Crippen LogP contribution is -2.59. The Bertz CT molecular complexity index is 5920.